The molecule has 0 saturated carbocycles. The van der Waals surface area contributed by atoms with E-state index in [2.05, 4.69) is 0 Å². The lowest BCUT2D eigenvalue weighted by molar-refractivity contribution is -0.147. The van der Waals surface area contributed by atoms with Crippen LogP contribution in [-0.4, -0.2) is 47.3 Å². The molecule has 0 aliphatic carbocycles. The van der Waals surface area contributed by atoms with Gasteiger partial charge in [0.15, 0.2) is 0 Å². The summed E-state index contributed by atoms with van der Waals surface area (Å²) in [7, 11) is 0. The first kappa shape index (κ1) is 20.1. The maximum atomic E-state index is 11.5. The molecule has 0 amide bonds. The summed E-state index contributed by atoms with van der Waals surface area (Å²) in [6.45, 7) is 3.97. The van der Waals surface area contributed by atoms with Gasteiger partial charge in [0.25, 0.3) is 0 Å². The molecular formula is C15H18O8. The lowest BCUT2D eigenvalue weighted by Gasteiger charge is -2.07. The molecule has 0 aromatic heterocycles. The molecule has 0 radical (unpaired) electrons. The molecule has 0 heterocycles. The number of benzene rings is 1. The largest absolute Gasteiger partial charge is 0.481 e. The van der Waals surface area contributed by atoms with Crippen LogP contribution in [-0.2, 0) is 19.1 Å². The third kappa shape index (κ3) is 8.20. The van der Waals surface area contributed by atoms with E-state index in [-0.39, 0.29) is 24.3 Å². The van der Waals surface area contributed by atoms with Crippen LogP contribution < -0.4 is 0 Å². The molecule has 0 aliphatic heterocycles. The van der Waals surface area contributed by atoms with Gasteiger partial charge in [-0.3, -0.25) is 9.59 Å². The fourth-order valence-electron chi connectivity index (χ4n) is 1.39. The van der Waals surface area contributed by atoms with E-state index in [0.29, 0.717) is 0 Å². The number of esters is 2. The summed E-state index contributed by atoms with van der Waals surface area (Å²) in [5, 5.41) is 15.4. The third-order valence-electron chi connectivity index (χ3n) is 2.22. The summed E-state index contributed by atoms with van der Waals surface area (Å²) in [4.78, 5) is 41.9. The lowest BCUT2D eigenvalue weighted by Crippen LogP contribution is -2.13. The maximum Gasteiger partial charge on any atom is 0.338 e. The van der Waals surface area contributed by atoms with Gasteiger partial charge in [0.2, 0.25) is 0 Å². The Morgan fingerprint density at radius 1 is 0.826 bits per heavy atom. The third-order valence-corrected chi connectivity index (χ3v) is 2.22. The molecule has 8 nitrogen and oxygen atoms in total. The number of carboxylic acids is 2. The van der Waals surface area contributed by atoms with E-state index in [9.17, 15) is 19.2 Å². The molecule has 2 N–H and O–H groups in total. The second-order valence-electron chi connectivity index (χ2n) is 3.95. The average molecular weight is 326 g/mol. The van der Waals surface area contributed by atoms with Crippen molar-refractivity contribution in [2.45, 2.75) is 20.3 Å². The van der Waals surface area contributed by atoms with Gasteiger partial charge in [-0.25, -0.2) is 9.59 Å². The maximum absolute atomic E-state index is 11.5. The van der Waals surface area contributed by atoms with Crippen molar-refractivity contribution in [1.82, 2.24) is 0 Å². The number of rotatable bonds is 6. The van der Waals surface area contributed by atoms with Gasteiger partial charge in [-0.15, -0.1) is 0 Å². The van der Waals surface area contributed by atoms with Gasteiger partial charge in [0.05, 0.1) is 24.3 Å². The fourth-order valence-corrected chi connectivity index (χ4v) is 1.39. The minimum Gasteiger partial charge on any atom is -0.481 e. The Morgan fingerprint density at radius 2 is 1.17 bits per heavy atom. The van der Waals surface area contributed by atoms with Crippen LogP contribution in [0.3, 0.4) is 0 Å². The molecule has 0 spiro atoms. The molecule has 126 valence electrons. The molecule has 1 rings (SSSR count). The number of hydrogen-bond donors (Lipinski definition) is 2. The summed E-state index contributed by atoms with van der Waals surface area (Å²) in [5.41, 5.74) is 0.477. The standard InChI is InChI=1S/C12H14O4.C3H4O4/c1-3-15-11(13)9-7-5-6-8-10(9)12(14)16-4-2;4-2(5)1-3(6)7/h5-8H,3-4H2,1-2H3;1H2,(H,4,5)(H,6,7). The van der Waals surface area contributed by atoms with Crippen molar-refractivity contribution < 1.29 is 38.9 Å². The molecule has 0 fully saturated rings. The van der Waals surface area contributed by atoms with Crippen molar-refractivity contribution in [3.8, 4) is 0 Å². The van der Waals surface area contributed by atoms with Crippen LogP contribution >= 0.6 is 0 Å². The molecule has 0 atom stereocenters. The van der Waals surface area contributed by atoms with Crippen LogP contribution in [0.2, 0.25) is 0 Å². The van der Waals surface area contributed by atoms with E-state index >= 15 is 0 Å². The quantitative estimate of drug-likeness (QED) is 0.596. The predicted molar refractivity (Wildman–Crippen MR) is 78.2 cm³/mol. The molecule has 23 heavy (non-hydrogen) atoms. The number of aliphatic carboxylic acids is 2. The van der Waals surface area contributed by atoms with Crippen LogP contribution in [0.5, 0.6) is 0 Å². The van der Waals surface area contributed by atoms with E-state index < -0.39 is 30.3 Å². The summed E-state index contributed by atoms with van der Waals surface area (Å²) in [6.07, 6.45) is -0.806. The number of ether oxygens (including phenoxy) is 2. The lowest BCUT2D eigenvalue weighted by atomic mass is 10.1. The van der Waals surface area contributed by atoms with Gasteiger partial charge in [0, 0.05) is 0 Å². The Bertz CT molecular complexity index is 515. The van der Waals surface area contributed by atoms with Crippen molar-refractivity contribution in [2.24, 2.45) is 0 Å². The number of carbonyl (C=O) groups is 4. The Morgan fingerprint density at radius 3 is 1.39 bits per heavy atom. The van der Waals surface area contributed by atoms with Crippen LogP contribution in [0.1, 0.15) is 41.0 Å². The highest BCUT2D eigenvalue weighted by molar-refractivity contribution is 6.03. The monoisotopic (exact) mass is 326 g/mol. The highest BCUT2D eigenvalue weighted by Crippen LogP contribution is 2.11. The zero-order valence-corrected chi connectivity index (χ0v) is 12.8. The van der Waals surface area contributed by atoms with Crippen molar-refractivity contribution in [1.29, 1.82) is 0 Å². The van der Waals surface area contributed by atoms with E-state index in [4.69, 9.17) is 19.7 Å². The highest BCUT2D eigenvalue weighted by Gasteiger charge is 2.17. The van der Waals surface area contributed by atoms with Gasteiger partial charge in [0.1, 0.15) is 6.42 Å². The number of carbonyl (C=O) groups excluding carboxylic acids is 2. The van der Waals surface area contributed by atoms with Crippen LogP contribution in [0, 0.1) is 0 Å². The zero-order chi connectivity index (χ0) is 17.8. The van der Waals surface area contributed by atoms with Crippen molar-refractivity contribution in [2.75, 3.05) is 13.2 Å². The minimum atomic E-state index is -1.31. The van der Waals surface area contributed by atoms with Gasteiger partial charge < -0.3 is 19.7 Å². The first-order chi connectivity index (χ1) is 10.8. The second kappa shape index (κ2) is 10.8. The molecule has 1 aromatic rings. The summed E-state index contributed by atoms with van der Waals surface area (Å²) < 4.78 is 9.70. The summed E-state index contributed by atoms with van der Waals surface area (Å²) >= 11 is 0. The van der Waals surface area contributed by atoms with Crippen LogP contribution in [0.4, 0.5) is 0 Å². The first-order valence-electron chi connectivity index (χ1n) is 6.70. The second-order valence-corrected chi connectivity index (χ2v) is 3.95. The fraction of sp³-hybridized carbons (Fsp3) is 0.333. The molecule has 8 heteroatoms. The van der Waals surface area contributed by atoms with Crippen LogP contribution in [0.25, 0.3) is 0 Å². The minimum absolute atomic E-state index is 0.239. The Kier molecular flexibility index (Phi) is 9.42. The average Bonchev–Trinajstić information content (AvgIpc) is 2.47. The molecule has 0 unspecified atom stereocenters. The van der Waals surface area contributed by atoms with Crippen molar-refractivity contribution in [3.63, 3.8) is 0 Å². The SMILES string of the molecule is CCOC(=O)c1ccccc1C(=O)OCC.O=C(O)CC(=O)O. The summed E-state index contributed by atoms with van der Waals surface area (Å²) in [6, 6.07) is 6.44. The Hall–Kier alpha value is -2.90. The van der Waals surface area contributed by atoms with Gasteiger partial charge >= 0.3 is 23.9 Å². The molecule has 1 aromatic carbocycles. The van der Waals surface area contributed by atoms with Crippen molar-refractivity contribution >= 4 is 23.9 Å². The molecular weight excluding hydrogens is 308 g/mol. The van der Waals surface area contributed by atoms with Crippen LogP contribution in [0.15, 0.2) is 24.3 Å². The number of carboxylic acid groups (broad SMARTS) is 2. The van der Waals surface area contributed by atoms with Gasteiger partial charge in [-0.2, -0.15) is 0 Å². The van der Waals surface area contributed by atoms with E-state index in [1.54, 1.807) is 38.1 Å². The van der Waals surface area contributed by atoms with E-state index in [1.807, 2.05) is 0 Å². The van der Waals surface area contributed by atoms with Gasteiger partial charge in [-0.1, -0.05) is 12.1 Å². The Labute approximate surface area is 132 Å². The van der Waals surface area contributed by atoms with E-state index in [0.717, 1.165) is 0 Å². The molecule has 0 aliphatic rings. The van der Waals surface area contributed by atoms with Crippen molar-refractivity contribution in [3.05, 3.63) is 35.4 Å². The molecule has 0 saturated heterocycles. The topological polar surface area (TPSA) is 127 Å². The normalized spacial score (nSPS) is 9.13. The zero-order valence-electron chi connectivity index (χ0n) is 12.8. The smallest absolute Gasteiger partial charge is 0.338 e. The highest BCUT2D eigenvalue weighted by atomic mass is 16.5. The summed E-state index contributed by atoms with van der Waals surface area (Å²) in [5.74, 6) is -3.64. The Balaban J connectivity index is 0.000000585. The predicted octanol–water partition coefficient (Wildman–Crippen LogP) is 1.59. The van der Waals surface area contributed by atoms with E-state index in [1.165, 1.54) is 0 Å². The first-order valence-corrected chi connectivity index (χ1v) is 6.70. The molecule has 0 bridgehead atoms. The number of hydrogen-bond acceptors (Lipinski definition) is 6. The van der Waals surface area contributed by atoms with Gasteiger partial charge in [-0.05, 0) is 26.0 Å².